The van der Waals surface area contributed by atoms with E-state index in [1.165, 1.54) is 12.1 Å². The summed E-state index contributed by atoms with van der Waals surface area (Å²) < 4.78 is 42.3. The Morgan fingerprint density at radius 3 is 2.48 bits per heavy atom. The molecule has 0 unspecified atom stereocenters. The van der Waals surface area contributed by atoms with Crippen LogP contribution < -0.4 is 0 Å². The molecule has 0 atom stereocenters. The van der Waals surface area contributed by atoms with Gasteiger partial charge in [-0.05, 0) is 54.4 Å². The maximum atomic E-state index is 13.1. The van der Waals surface area contributed by atoms with Gasteiger partial charge in [-0.25, -0.2) is 0 Å². The van der Waals surface area contributed by atoms with Gasteiger partial charge in [0, 0.05) is 35.0 Å². The fraction of sp³-hybridized carbons (Fsp3) is 0.292. The van der Waals surface area contributed by atoms with E-state index in [2.05, 4.69) is 20.5 Å². The molecule has 0 spiro atoms. The Labute approximate surface area is 188 Å². The molecule has 164 valence electrons. The molecule has 3 rings (SSSR count). The summed E-state index contributed by atoms with van der Waals surface area (Å²) in [5.41, 5.74) is 1.29. The summed E-state index contributed by atoms with van der Waals surface area (Å²) >= 11 is 3.43. The van der Waals surface area contributed by atoms with Crippen LogP contribution in [0.5, 0.6) is 0 Å². The average molecular weight is 493 g/mol. The lowest BCUT2D eigenvalue weighted by Gasteiger charge is -2.24. The number of carbonyl (C=O) groups is 1. The number of alkyl halides is 3. The molecule has 2 aromatic carbocycles. The van der Waals surface area contributed by atoms with Crippen molar-refractivity contribution in [1.82, 2.24) is 9.47 Å². The minimum Gasteiger partial charge on any atom is -0.345 e. The van der Waals surface area contributed by atoms with Crippen LogP contribution in [0.2, 0.25) is 0 Å². The summed E-state index contributed by atoms with van der Waals surface area (Å²) in [4.78, 5) is 14.7. The van der Waals surface area contributed by atoms with Gasteiger partial charge in [-0.15, -0.1) is 0 Å². The molecule has 7 heteroatoms. The third-order valence-electron chi connectivity index (χ3n) is 5.05. The molecule has 3 aromatic rings. The van der Waals surface area contributed by atoms with Gasteiger partial charge in [0.2, 0.25) is 0 Å². The molecule has 0 saturated carbocycles. The lowest BCUT2D eigenvalue weighted by atomic mass is 10.1. The monoisotopic (exact) mass is 492 g/mol. The van der Waals surface area contributed by atoms with Crippen molar-refractivity contribution in [2.24, 2.45) is 0 Å². The van der Waals surface area contributed by atoms with Crippen LogP contribution in [-0.2, 0) is 19.3 Å². The predicted molar refractivity (Wildman–Crippen MR) is 119 cm³/mol. The molecule has 1 amide bonds. The van der Waals surface area contributed by atoms with Gasteiger partial charge in [0.05, 0.1) is 12.1 Å². The number of unbranched alkanes of at least 4 members (excludes halogenated alkanes) is 1. The van der Waals surface area contributed by atoms with Crippen molar-refractivity contribution >= 4 is 21.8 Å². The van der Waals surface area contributed by atoms with Crippen LogP contribution in [0, 0.1) is 0 Å². The van der Waals surface area contributed by atoms with Crippen LogP contribution in [0.25, 0.3) is 0 Å². The molecule has 0 radical (unpaired) electrons. The molecule has 1 aromatic heterocycles. The second-order valence-corrected chi connectivity index (χ2v) is 8.33. The van der Waals surface area contributed by atoms with Crippen LogP contribution in [0.4, 0.5) is 13.2 Å². The molecule has 0 N–H and O–H groups in total. The van der Waals surface area contributed by atoms with E-state index in [1.54, 1.807) is 4.90 Å². The average Bonchev–Trinajstić information content (AvgIpc) is 3.18. The lowest BCUT2D eigenvalue weighted by molar-refractivity contribution is -0.137. The molecule has 0 saturated heterocycles. The Bertz CT molecular complexity index is 1010. The van der Waals surface area contributed by atoms with Gasteiger partial charge in [0.1, 0.15) is 0 Å². The van der Waals surface area contributed by atoms with Crippen molar-refractivity contribution in [3.63, 3.8) is 0 Å². The minimum absolute atomic E-state index is 0.0527. The van der Waals surface area contributed by atoms with Crippen molar-refractivity contribution in [1.29, 1.82) is 0 Å². The second kappa shape index (κ2) is 10.2. The number of benzene rings is 2. The molecule has 0 aliphatic carbocycles. The van der Waals surface area contributed by atoms with Crippen molar-refractivity contribution in [2.75, 3.05) is 6.54 Å². The van der Waals surface area contributed by atoms with Gasteiger partial charge in [0.15, 0.2) is 0 Å². The molecule has 0 aliphatic rings. The quantitative estimate of drug-likeness (QED) is 0.341. The predicted octanol–water partition coefficient (Wildman–Crippen LogP) is 6.76. The Balaban J connectivity index is 1.82. The summed E-state index contributed by atoms with van der Waals surface area (Å²) in [6, 6.07) is 16.5. The molecule has 0 bridgehead atoms. The number of amides is 1. The standard InChI is InChI=1S/C24H24BrF3N2O/c1-2-3-13-30(23(31)19-6-4-7-20(15-19)24(26,27)28)17-22-8-5-14-29(22)16-18-9-11-21(25)12-10-18/h4-12,14-15H,2-3,13,16-17H2,1H3. The number of hydrogen-bond acceptors (Lipinski definition) is 1. The Hall–Kier alpha value is -2.54. The Kier molecular flexibility index (Phi) is 7.59. The molecular weight excluding hydrogens is 469 g/mol. The maximum Gasteiger partial charge on any atom is 0.416 e. The highest BCUT2D eigenvalue weighted by molar-refractivity contribution is 9.10. The van der Waals surface area contributed by atoms with E-state index in [9.17, 15) is 18.0 Å². The number of rotatable bonds is 8. The topological polar surface area (TPSA) is 25.2 Å². The maximum absolute atomic E-state index is 13.1. The van der Waals surface area contributed by atoms with E-state index >= 15 is 0 Å². The van der Waals surface area contributed by atoms with Gasteiger partial charge in [-0.1, -0.05) is 47.5 Å². The van der Waals surface area contributed by atoms with Crippen LogP contribution in [0.3, 0.4) is 0 Å². The molecule has 0 fully saturated rings. The highest BCUT2D eigenvalue weighted by Crippen LogP contribution is 2.30. The van der Waals surface area contributed by atoms with Gasteiger partial charge in [0.25, 0.3) is 5.91 Å². The molecular formula is C24H24BrF3N2O. The van der Waals surface area contributed by atoms with Gasteiger partial charge < -0.3 is 9.47 Å². The second-order valence-electron chi connectivity index (χ2n) is 7.41. The number of hydrogen-bond donors (Lipinski definition) is 0. The van der Waals surface area contributed by atoms with Crippen molar-refractivity contribution < 1.29 is 18.0 Å². The van der Waals surface area contributed by atoms with E-state index in [-0.39, 0.29) is 5.56 Å². The zero-order valence-corrected chi connectivity index (χ0v) is 18.8. The van der Waals surface area contributed by atoms with Gasteiger partial charge >= 0.3 is 6.18 Å². The van der Waals surface area contributed by atoms with E-state index in [0.717, 1.165) is 40.7 Å². The zero-order chi connectivity index (χ0) is 22.4. The summed E-state index contributed by atoms with van der Waals surface area (Å²) in [7, 11) is 0. The van der Waals surface area contributed by atoms with Crippen molar-refractivity contribution in [2.45, 2.75) is 39.0 Å². The first-order chi connectivity index (χ1) is 14.8. The number of nitrogens with zero attached hydrogens (tertiary/aromatic N) is 2. The van der Waals surface area contributed by atoms with E-state index in [1.807, 2.05) is 49.5 Å². The molecule has 0 aliphatic heterocycles. The Morgan fingerprint density at radius 1 is 1.06 bits per heavy atom. The van der Waals surface area contributed by atoms with Crippen LogP contribution in [0.15, 0.2) is 71.3 Å². The summed E-state index contributed by atoms with van der Waals surface area (Å²) in [5, 5.41) is 0. The summed E-state index contributed by atoms with van der Waals surface area (Å²) in [5.74, 6) is -0.393. The number of halogens is 4. The highest BCUT2D eigenvalue weighted by Gasteiger charge is 2.31. The summed E-state index contributed by atoms with van der Waals surface area (Å²) in [6.45, 7) is 3.48. The number of carbonyl (C=O) groups excluding carboxylic acids is 1. The van der Waals surface area contributed by atoms with Crippen LogP contribution in [-0.4, -0.2) is 21.9 Å². The van der Waals surface area contributed by atoms with Gasteiger partial charge in [-0.2, -0.15) is 13.2 Å². The van der Waals surface area contributed by atoms with E-state index in [4.69, 9.17) is 0 Å². The first-order valence-corrected chi connectivity index (χ1v) is 10.9. The van der Waals surface area contributed by atoms with E-state index < -0.39 is 17.6 Å². The largest absolute Gasteiger partial charge is 0.416 e. The van der Waals surface area contributed by atoms with E-state index in [0.29, 0.717) is 19.6 Å². The third-order valence-corrected chi connectivity index (χ3v) is 5.58. The van der Waals surface area contributed by atoms with Crippen molar-refractivity contribution in [3.8, 4) is 0 Å². The molecule has 3 nitrogen and oxygen atoms in total. The normalized spacial score (nSPS) is 11.5. The fourth-order valence-corrected chi connectivity index (χ4v) is 3.61. The number of aromatic nitrogens is 1. The molecule has 31 heavy (non-hydrogen) atoms. The van der Waals surface area contributed by atoms with Gasteiger partial charge in [-0.3, -0.25) is 4.79 Å². The highest BCUT2D eigenvalue weighted by atomic mass is 79.9. The SMILES string of the molecule is CCCCN(Cc1cccn1Cc1ccc(Br)cc1)C(=O)c1cccc(C(F)(F)F)c1. The lowest BCUT2D eigenvalue weighted by Crippen LogP contribution is -2.32. The minimum atomic E-state index is -4.48. The summed E-state index contributed by atoms with van der Waals surface area (Å²) in [6.07, 6.45) is -0.877. The Morgan fingerprint density at radius 2 is 1.81 bits per heavy atom. The van der Waals surface area contributed by atoms with Crippen LogP contribution >= 0.6 is 15.9 Å². The van der Waals surface area contributed by atoms with Crippen molar-refractivity contribution in [3.05, 3.63) is 93.7 Å². The smallest absolute Gasteiger partial charge is 0.345 e. The molecule has 1 heterocycles. The third kappa shape index (κ3) is 6.23. The fourth-order valence-electron chi connectivity index (χ4n) is 3.34. The first kappa shape index (κ1) is 23.1. The van der Waals surface area contributed by atoms with Crippen LogP contribution in [0.1, 0.15) is 46.9 Å². The zero-order valence-electron chi connectivity index (χ0n) is 17.2. The first-order valence-electron chi connectivity index (χ1n) is 10.1.